The molecule has 2 rings (SSSR count). The van der Waals surface area contributed by atoms with Crippen molar-refractivity contribution in [3.8, 4) is 5.75 Å². The zero-order valence-corrected chi connectivity index (χ0v) is 20.6. The first-order chi connectivity index (χ1) is 13.7. The summed E-state index contributed by atoms with van der Waals surface area (Å²) in [6.07, 6.45) is 5.40. The van der Waals surface area contributed by atoms with Gasteiger partial charge in [-0.3, -0.25) is 4.99 Å². The summed E-state index contributed by atoms with van der Waals surface area (Å²) in [7, 11) is 3.61. The summed E-state index contributed by atoms with van der Waals surface area (Å²) in [6.45, 7) is 8.01. The van der Waals surface area contributed by atoms with E-state index >= 15 is 0 Å². The fraction of sp³-hybridized carbons (Fsp3) is 0.682. The molecule has 0 radical (unpaired) electrons. The number of benzene rings is 1. The van der Waals surface area contributed by atoms with Gasteiger partial charge >= 0.3 is 0 Å². The van der Waals surface area contributed by atoms with E-state index in [2.05, 4.69) is 45.6 Å². The number of methoxy groups -OCH3 is 1. The van der Waals surface area contributed by atoms with Crippen LogP contribution in [0, 0.1) is 0 Å². The first kappa shape index (κ1) is 26.0. The lowest BCUT2D eigenvalue weighted by molar-refractivity contribution is 0.155. The fourth-order valence-electron chi connectivity index (χ4n) is 3.46. The minimum absolute atomic E-state index is 0. The van der Waals surface area contributed by atoms with Crippen molar-refractivity contribution in [3.05, 3.63) is 29.8 Å². The first-order valence-electron chi connectivity index (χ1n) is 10.6. The molecule has 2 N–H and O–H groups in total. The average Bonchev–Trinajstić information content (AvgIpc) is 2.73. The number of aliphatic imine (C=N–C) groups is 1. The summed E-state index contributed by atoms with van der Waals surface area (Å²) < 4.78 is 10.9. The Morgan fingerprint density at radius 1 is 1.24 bits per heavy atom. The molecule has 1 fully saturated rings. The molecule has 1 aromatic rings. The zero-order chi connectivity index (χ0) is 20.0. The van der Waals surface area contributed by atoms with Crippen LogP contribution in [0.4, 0.5) is 0 Å². The number of nitrogens with zero attached hydrogens (tertiary/aromatic N) is 2. The van der Waals surface area contributed by atoms with Crippen LogP contribution in [0.2, 0.25) is 0 Å². The second-order valence-corrected chi connectivity index (χ2v) is 7.35. The van der Waals surface area contributed by atoms with Gasteiger partial charge in [0.25, 0.3) is 0 Å². The summed E-state index contributed by atoms with van der Waals surface area (Å²) in [5.41, 5.74) is 1.28. The number of hydrogen-bond acceptors (Lipinski definition) is 4. The van der Waals surface area contributed by atoms with Crippen molar-refractivity contribution in [2.24, 2.45) is 4.99 Å². The minimum atomic E-state index is 0. The lowest BCUT2D eigenvalue weighted by Gasteiger charge is -2.33. The van der Waals surface area contributed by atoms with Gasteiger partial charge in [-0.05, 0) is 49.8 Å². The molecule has 0 bridgehead atoms. The van der Waals surface area contributed by atoms with Crippen molar-refractivity contribution < 1.29 is 9.47 Å². The molecular formula is C22H39IN4O2. The van der Waals surface area contributed by atoms with Crippen LogP contribution in [0.25, 0.3) is 0 Å². The van der Waals surface area contributed by atoms with Crippen LogP contribution in [0.5, 0.6) is 5.75 Å². The van der Waals surface area contributed by atoms with Crippen molar-refractivity contribution in [2.75, 3.05) is 53.6 Å². The van der Waals surface area contributed by atoms with E-state index in [1.165, 1.54) is 5.56 Å². The van der Waals surface area contributed by atoms with Gasteiger partial charge in [-0.25, -0.2) is 0 Å². The molecule has 7 heteroatoms. The van der Waals surface area contributed by atoms with Crippen LogP contribution < -0.4 is 15.4 Å². The molecule has 1 aliphatic rings. The Hall–Kier alpha value is -1.06. The number of piperidine rings is 1. The van der Waals surface area contributed by atoms with E-state index in [4.69, 9.17) is 9.47 Å². The molecule has 1 heterocycles. The fourth-order valence-corrected chi connectivity index (χ4v) is 3.46. The third-order valence-electron chi connectivity index (χ3n) is 5.05. The lowest BCUT2D eigenvalue weighted by Crippen LogP contribution is -2.49. The van der Waals surface area contributed by atoms with Gasteiger partial charge in [0.05, 0.1) is 6.61 Å². The van der Waals surface area contributed by atoms with Gasteiger partial charge in [-0.1, -0.05) is 19.1 Å². The predicted molar refractivity (Wildman–Crippen MR) is 132 cm³/mol. The quantitative estimate of drug-likeness (QED) is 0.204. The Morgan fingerprint density at radius 3 is 2.72 bits per heavy atom. The third-order valence-corrected chi connectivity index (χ3v) is 5.05. The maximum absolute atomic E-state index is 5.72. The topological polar surface area (TPSA) is 58.1 Å². The molecule has 6 nitrogen and oxygen atoms in total. The Morgan fingerprint density at radius 2 is 2.03 bits per heavy atom. The summed E-state index contributed by atoms with van der Waals surface area (Å²) in [6, 6.07) is 8.86. The van der Waals surface area contributed by atoms with E-state index in [9.17, 15) is 0 Å². The Labute approximate surface area is 193 Å². The van der Waals surface area contributed by atoms with Crippen molar-refractivity contribution in [1.29, 1.82) is 0 Å². The second kappa shape index (κ2) is 15.7. The summed E-state index contributed by atoms with van der Waals surface area (Å²) in [4.78, 5) is 6.92. The van der Waals surface area contributed by atoms with Crippen molar-refractivity contribution in [1.82, 2.24) is 15.5 Å². The van der Waals surface area contributed by atoms with Crippen LogP contribution in [-0.4, -0.2) is 70.5 Å². The van der Waals surface area contributed by atoms with Crippen LogP contribution in [0.15, 0.2) is 29.3 Å². The van der Waals surface area contributed by atoms with E-state index in [1.807, 2.05) is 13.1 Å². The maximum atomic E-state index is 5.72. The molecule has 1 saturated heterocycles. The second-order valence-electron chi connectivity index (χ2n) is 7.35. The number of nitrogens with one attached hydrogen (secondary N) is 2. The molecule has 0 atom stereocenters. The molecule has 0 saturated carbocycles. The normalized spacial score (nSPS) is 15.6. The lowest BCUT2D eigenvalue weighted by atomic mass is 10.1. The number of guanidine groups is 1. The van der Waals surface area contributed by atoms with E-state index in [1.54, 1.807) is 7.11 Å². The van der Waals surface area contributed by atoms with E-state index in [0.29, 0.717) is 6.04 Å². The highest BCUT2D eigenvalue weighted by molar-refractivity contribution is 14.0. The monoisotopic (exact) mass is 518 g/mol. The number of hydrogen-bond donors (Lipinski definition) is 2. The molecule has 0 aromatic heterocycles. The molecule has 29 heavy (non-hydrogen) atoms. The number of halogens is 1. The predicted octanol–water partition coefficient (Wildman–Crippen LogP) is 3.30. The summed E-state index contributed by atoms with van der Waals surface area (Å²) >= 11 is 0. The summed E-state index contributed by atoms with van der Waals surface area (Å²) in [5.74, 6) is 1.86. The number of rotatable bonds is 11. The minimum Gasteiger partial charge on any atom is -0.494 e. The highest BCUT2D eigenvalue weighted by atomic mass is 127. The Balaban J connectivity index is 0.00000420. The highest BCUT2D eigenvalue weighted by Crippen LogP contribution is 2.14. The number of likely N-dealkylation sites (tertiary alicyclic amines) is 1. The average molecular weight is 518 g/mol. The first-order valence-corrected chi connectivity index (χ1v) is 10.6. The molecule has 0 aliphatic carbocycles. The van der Waals surface area contributed by atoms with Gasteiger partial charge in [0.1, 0.15) is 5.75 Å². The van der Waals surface area contributed by atoms with Crippen LogP contribution in [0.3, 0.4) is 0 Å². The van der Waals surface area contributed by atoms with Gasteiger partial charge in [0.15, 0.2) is 5.96 Å². The SMILES string of the molecule is CCCOc1cccc(CCNC(=NC)NC2CCN(CCCOC)CC2)c1.I. The van der Waals surface area contributed by atoms with Crippen molar-refractivity contribution in [3.63, 3.8) is 0 Å². The molecule has 1 aliphatic heterocycles. The third kappa shape index (κ3) is 10.5. The van der Waals surface area contributed by atoms with E-state index in [0.717, 1.165) is 83.2 Å². The van der Waals surface area contributed by atoms with Crippen LogP contribution in [0.1, 0.15) is 38.2 Å². The number of ether oxygens (including phenoxy) is 2. The van der Waals surface area contributed by atoms with Gasteiger partial charge in [-0.2, -0.15) is 0 Å². The zero-order valence-electron chi connectivity index (χ0n) is 18.3. The standard InChI is InChI=1S/C22H38N4O2.HI/c1-4-16-28-21-8-5-7-19(18-21)9-12-24-22(23-2)25-20-10-14-26(15-11-20)13-6-17-27-3;/h5,7-8,18,20H,4,6,9-17H2,1-3H3,(H2,23,24,25);1H. The molecule has 166 valence electrons. The van der Waals surface area contributed by atoms with Gasteiger partial charge in [-0.15, -0.1) is 24.0 Å². The molecule has 1 aromatic carbocycles. The Kier molecular flexibility index (Phi) is 14.1. The van der Waals surface area contributed by atoms with Gasteiger partial charge in [0, 0.05) is 53.0 Å². The van der Waals surface area contributed by atoms with E-state index < -0.39 is 0 Å². The molecule has 0 unspecified atom stereocenters. The summed E-state index contributed by atoms with van der Waals surface area (Å²) in [5, 5.41) is 7.03. The van der Waals surface area contributed by atoms with Crippen LogP contribution in [-0.2, 0) is 11.2 Å². The largest absolute Gasteiger partial charge is 0.494 e. The molecular weight excluding hydrogens is 479 g/mol. The maximum Gasteiger partial charge on any atom is 0.191 e. The van der Waals surface area contributed by atoms with Crippen molar-refractivity contribution in [2.45, 2.75) is 45.1 Å². The van der Waals surface area contributed by atoms with Crippen molar-refractivity contribution >= 4 is 29.9 Å². The Bertz CT molecular complexity index is 578. The highest BCUT2D eigenvalue weighted by Gasteiger charge is 2.19. The van der Waals surface area contributed by atoms with Gasteiger partial charge in [0.2, 0.25) is 0 Å². The molecule has 0 spiro atoms. The van der Waals surface area contributed by atoms with E-state index in [-0.39, 0.29) is 24.0 Å². The van der Waals surface area contributed by atoms with Crippen LogP contribution >= 0.6 is 24.0 Å². The van der Waals surface area contributed by atoms with Gasteiger partial charge < -0.3 is 25.0 Å². The molecule has 0 amide bonds. The smallest absolute Gasteiger partial charge is 0.191 e.